The zero-order valence-corrected chi connectivity index (χ0v) is 19.3. The van der Waals surface area contributed by atoms with E-state index in [0.717, 1.165) is 12.1 Å². The number of hydrogen-bond acceptors (Lipinski definition) is 8. The molecule has 3 atom stereocenters. The summed E-state index contributed by atoms with van der Waals surface area (Å²) in [6.45, 7) is -1.01. The van der Waals surface area contributed by atoms with Gasteiger partial charge in [-0.05, 0) is 18.2 Å². The molecular weight excluding hydrogens is 498 g/mol. The molecule has 0 spiro atoms. The fraction of sp³-hybridized carbons (Fsp3) is 0.200. The van der Waals surface area contributed by atoms with Crippen LogP contribution in [0, 0.1) is 0 Å². The van der Waals surface area contributed by atoms with Gasteiger partial charge in [0.2, 0.25) is 6.29 Å². The number of carbonyl (C=O) groups excluding carboxylic acids is 2. The van der Waals surface area contributed by atoms with Gasteiger partial charge in [0.25, 0.3) is 10.1 Å². The molecule has 1 aliphatic rings. The van der Waals surface area contributed by atoms with Crippen molar-refractivity contribution in [1.29, 1.82) is 0 Å². The minimum Gasteiger partial charge on any atom is -0.394 e. The molecule has 3 aromatic carbocycles. The topological polar surface area (TPSA) is 127 Å². The van der Waals surface area contributed by atoms with Gasteiger partial charge in [0, 0.05) is 22.3 Å². The zero-order valence-electron chi connectivity index (χ0n) is 18.5. The molecule has 0 aromatic heterocycles. The summed E-state index contributed by atoms with van der Waals surface area (Å²) < 4.78 is 64.0. The van der Waals surface area contributed by atoms with Gasteiger partial charge in [-0.1, -0.05) is 60.7 Å². The van der Waals surface area contributed by atoms with E-state index in [1.807, 2.05) is 0 Å². The maximum absolute atomic E-state index is 14.4. The standard InChI is InChI=1S/C25H20F2O8S/c26-25(27)23(31)20(14-28)34-24(25)35-36(32,33)19-12-17(21(29)15-7-3-1-4-8-15)11-18(13-19)22(30)16-9-5-2-6-10-16/h1-13,20,23-24,28,31H,14H2/t20-,23-,24+/m1/s1. The largest absolute Gasteiger partial charge is 0.394 e. The summed E-state index contributed by atoms with van der Waals surface area (Å²) in [5.41, 5.74) is 0.00587. The highest BCUT2D eigenvalue weighted by atomic mass is 32.2. The van der Waals surface area contributed by atoms with Crippen molar-refractivity contribution in [3.8, 4) is 0 Å². The van der Waals surface area contributed by atoms with Gasteiger partial charge in [0.1, 0.15) is 6.10 Å². The Balaban J connectivity index is 1.77. The first kappa shape index (κ1) is 25.7. The Kier molecular flexibility index (Phi) is 7.12. The lowest BCUT2D eigenvalue weighted by molar-refractivity contribution is -0.183. The molecule has 0 unspecified atom stereocenters. The molecule has 0 amide bonds. The van der Waals surface area contributed by atoms with Gasteiger partial charge < -0.3 is 14.9 Å². The van der Waals surface area contributed by atoms with Gasteiger partial charge in [-0.2, -0.15) is 17.2 Å². The summed E-state index contributed by atoms with van der Waals surface area (Å²) in [7, 11) is -5.05. The number of alkyl halides is 2. The smallest absolute Gasteiger partial charge is 0.326 e. The lowest BCUT2D eigenvalue weighted by Gasteiger charge is -2.19. The number of aliphatic hydroxyl groups is 2. The van der Waals surface area contributed by atoms with Crippen LogP contribution in [0.5, 0.6) is 0 Å². The van der Waals surface area contributed by atoms with Crippen molar-refractivity contribution in [1.82, 2.24) is 0 Å². The van der Waals surface area contributed by atoms with Crippen molar-refractivity contribution in [2.75, 3.05) is 6.61 Å². The molecule has 36 heavy (non-hydrogen) atoms. The van der Waals surface area contributed by atoms with Crippen LogP contribution in [0.15, 0.2) is 83.8 Å². The Morgan fingerprint density at radius 2 is 1.33 bits per heavy atom. The summed E-state index contributed by atoms with van der Waals surface area (Å²) in [5, 5.41) is 18.8. The quantitative estimate of drug-likeness (QED) is 0.344. The van der Waals surface area contributed by atoms with Crippen LogP contribution in [0.4, 0.5) is 8.78 Å². The average molecular weight is 518 g/mol. The third-order valence-corrected chi connectivity index (χ3v) is 6.79. The van der Waals surface area contributed by atoms with Crippen LogP contribution in [0.25, 0.3) is 0 Å². The number of ketones is 2. The molecule has 3 aromatic rings. The predicted octanol–water partition coefficient (Wildman–Crippen LogP) is 2.57. The number of ether oxygens (including phenoxy) is 1. The Morgan fingerprint density at radius 3 is 1.75 bits per heavy atom. The highest BCUT2D eigenvalue weighted by Gasteiger charge is 2.60. The van der Waals surface area contributed by atoms with Gasteiger partial charge >= 0.3 is 5.92 Å². The third-order valence-electron chi connectivity index (χ3n) is 5.54. The average Bonchev–Trinajstić information content (AvgIpc) is 3.11. The van der Waals surface area contributed by atoms with E-state index in [1.54, 1.807) is 36.4 Å². The van der Waals surface area contributed by atoms with Crippen LogP contribution < -0.4 is 0 Å². The van der Waals surface area contributed by atoms with Crippen LogP contribution in [0.3, 0.4) is 0 Å². The van der Waals surface area contributed by atoms with Gasteiger partial charge in [0.05, 0.1) is 11.5 Å². The van der Waals surface area contributed by atoms with Crippen molar-refractivity contribution in [2.24, 2.45) is 0 Å². The number of aliphatic hydroxyl groups excluding tert-OH is 2. The van der Waals surface area contributed by atoms with E-state index < -0.39 is 57.6 Å². The van der Waals surface area contributed by atoms with Crippen molar-refractivity contribution in [2.45, 2.75) is 29.3 Å². The molecule has 4 rings (SSSR count). The van der Waals surface area contributed by atoms with Gasteiger partial charge in [0.15, 0.2) is 17.7 Å². The van der Waals surface area contributed by atoms with E-state index in [-0.39, 0.29) is 22.3 Å². The number of halogens is 2. The minimum atomic E-state index is -5.05. The summed E-state index contributed by atoms with van der Waals surface area (Å²) in [6.07, 6.45) is -7.03. The zero-order chi connectivity index (χ0) is 26.1. The van der Waals surface area contributed by atoms with Crippen LogP contribution in [0.1, 0.15) is 31.8 Å². The Labute approximate surface area is 204 Å². The highest BCUT2D eigenvalue weighted by molar-refractivity contribution is 7.86. The first-order valence-electron chi connectivity index (χ1n) is 10.6. The maximum Gasteiger partial charge on any atom is 0.326 e. The normalized spacial score (nSPS) is 21.3. The molecule has 2 N–H and O–H groups in total. The molecule has 188 valence electrons. The monoisotopic (exact) mass is 518 g/mol. The summed E-state index contributed by atoms with van der Waals surface area (Å²) in [4.78, 5) is 25.4. The lowest BCUT2D eigenvalue weighted by Crippen LogP contribution is -2.42. The number of hydrogen-bond donors (Lipinski definition) is 2. The first-order valence-corrected chi connectivity index (χ1v) is 12.1. The second kappa shape index (κ2) is 9.96. The fourth-order valence-corrected chi connectivity index (χ4v) is 4.69. The van der Waals surface area contributed by atoms with Crippen LogP contribution >= 0.6 is 0 Å². The number of carbonyl (C=O) groups is 2. The fourth-order valence-electron chi connectivity index (χ4n) is 3.63. The van der Waals surface area contributed by atoms with Crippen molar-refractivity contribution in [3.05, 3.63) is 101 Å². The second-order valence-corrected chi connectivity index (χ2v) is 9.57. The molecule has 8 nitrogen and oxygen atoms in total. The van der Waals surface area contributed by atoms with Crippen molar-refractivity contribution >= 4 is 21.7 Å². The van der Waals surface area contributed by atoms with Crippen LogP contribution in [0.2, 0.25) is 0 Å². The van der Waals surface area contributed by atoms with Crippen molar-refractivity contribution in [3.63, 3.8) is 0 Å². The molecule has 0 saturated carbocycles. The Bertz CT molecular complexity index is 1310. The Morgan fingerprint density at radius 1 is 0.861 bits per heavy atom. The SMILES string of the molecule is O=C(c1ccccc1)c1cc(C(=O)c2ccccc2)cc(S(=O)(=O)O[C@@H]2O[C@H](CO)[C@@H](O)C2(F)F)c1. The van der Waals surface area contributed by atoms with Crippen LogP contribution in [-0.4, -0.2) is 61.2 Å². The molecule has 1 aliphatic heterocycles. The maximum atomic E-state index is 14.4. The highest BCUT2D eigenvalue weighted by Crippen LogP contribution is 2.38. The minimum absolute atomic E-state index is 0.197. The van der Waals surface area contributed by atoms with Crippen LogP contribution in [-0.2, 0) is 19.0 Å². The number of benzene rings is 3. The number of rotatable bonds is 8. The van der Waals surface area contributed by atoms with E-state index in [4.69, 9.17) is 9.84 Å². The first-order chi connectivity index (χ1) is 17.0. The molecule has 0 radical (unpaired) electrons. The van der Waals surface area contributed by atoms with Gasteiger partial charge in [-0.3, -0.25) is 9.59 Å². The van der Waals surface area contributed by atoms with E-state index in [9.17, 15) is 31.9 Å². The second-order valence-electron chi connectivity index (χ2n) is 8.00. The lowest BCUT2D eigenvalue weighted by atomic mass is 9.97. The molecule has 1 fully saturated rings. The summed E-state index contributed by atoms with van der Waals surface area (Å²) >= 11 is 0. The third kappa shape index (κ3) is 4.97. The van der Waals surface area contributed by atoms with E-state index in [1.165, 1.54) is 30.3 Å². The predicted molar refractivity (Wildman–Crippen MR) is 121 cm³/mol. The molecule has 1 saturated heterocycles. The van der Waals surface area contributed by atoms with E-state index >= 15 is 0 Å². The molecule has 11 heteroatoms. The molecule has 0 aliphatic carbocycles. The van der Waals surface area contributed by atoms with Gasteiger partial charge in [-0.15, -0.1) is 0 Å². The van der Waals surface area contributed by atoms with Gasteiger partial charge in [-0.25, -0.2) is 4.18 Å². The molecular formula is C25H20F2O8S. The van der Waals surface area contributed by atoms with E-state index in [2.05, 4.69) is 4.18 Å². The van der Waals surface area contributed by atoms with E-state index in [0.29, 0.717) is 0 Å². The summed E-state index contributed by atoms with van der Waals surface area (Å²) in [5.74, 6) is -5.40. The summed E-state index contributed by atoms with van der Waals surface area (Å²) in [6, 6.07) is 18.7. The molecule has 1 heterocycles. The molecule has 0 bridgehead atoms. The Hall–Kier alpha value is -3.35. The van der Waals surface area contributed by atoms with Crippen molar-refractivity contribution < 1.29 is 45.9 Å².